The topological polar surface area (TPSA) is 58.4 Å². The Labute approximate surface area is 101 Å². The van der Waals surface area contributed by atoms with Crippen molar-refractivity contribution in [3.05, 3.63) is 17.5 Å². The van der Waals surface area contributed by atoms with Crippen molar-refractivity contribution in [3.63, 3.8) is 0 Å². The largest absolute Gasteiger partial charge is 0.359 e. The lowest BCUT2D eigenvalue weighted by Crippen LogP contribution is -2.42. The number of carbonyl (C=O) groups is 1. The van der Waals surface area contributed by atoms with Crippen LogP contribution in [0.2, 0.25) is 0 Å². The number of urea groups is 1. The Kier molecular flexibility index (Phi) is 3.36. The van der Waals surface area contributed by atoms with E-state index in [-0.39, 0.29) is 6.03 Å². The van der Waals surface area contributed by atoms with Gasteiger partial charge in [-0.2, -0.15) is 0 Å². The molecule has 1 aromatic rings. The van der Waals surface area contributed by atoms with Crippen molar-refractivity contribution in [2.45, 2.75) is 39.3 Å². The van der Waals surface area contributed by atoms with E-state index in [1.165, 1.54) is 12.8 Å². The lowest BCUT2D eigenvalue weighted by molar-refractivity contribution is 0.186. The van der Waals surface area contributed by atoms with Crippen LogP contribution in [0, 0.1) is 12.8 Å². The molecule has 2 amide bonds. The highest BCUT2D eigenvalue weighted by atomic mass is 16.5. The Balaban J connectivity index is 1.80. The highest BCUT2D eigenvalue weighted by Crippen LogP contribution is 2.34. The van der Waals surface area contributed by atoms with Gasteiger partial charge in [-0.1, -0.05) is 5.16 Å². The number of hydrogen-bond donors (Lipinski definition) is 1. The molecular formula is C12H19N3O2. The molecule has 1 saturated carbocycles. The van der Waals surface area contributed by atoms with Crippen molar-refractivity contribution >= 4 is 6.03 Å². The molecule has 1 aliphatic rings. The highest BCUT2D eigenvalue weighted by Gasteiger charge is 2.32. The number of aromatic nitrogens is 1. The number of nitrogens with one attached hydrogen (secondary N) is 1. The van der Waals surface area contributed by atoms with Gasteiger partial charge in [-0.25, -0.2) is 4.79 Å². The van der Waals surface area contributed by atoms with Crippen LogP contribution in [0.15, 0.2) is 10.6 Å². The fraction of sp³-hybridized carbons (Fsp3) is 0.667. The van der Waals surface area contributed by atoms with Gasteiger partial charge in [-0.15, -0.1) is 0 Å². The summed E-state index contributed by atoms with van der Waals surface area (Å²) in [5.41, 5.74) is 0.828. The van der Waals surface area contributed by atoms with Gasteiger partial charge < -0.3 is 14.7 Å². The monoisotopic (exact) mass is 237 g/mol. The molecule has 0 saturated heterocycles. The van der Waals surface area contributed by atoms with Gasteiger partial charge in [0.15, 0.2) is 5.76 Å². The van der Waals surface area contributed by atoms with Gasteiger partial charge >= 0.3 is 6.03 Å². The minimum atomic E-state index is -0.0570. The molecule has 1 fully saturated rings. The van der Waals surface area contributed by atoms with Gasteiger partial charge in [0.05, 0.1) is 12.2 Å². The molecule has 5 nitrogen and oxygen atoms in total. The Morgan fingerprint density at radius 2 is 2.41 bits per heavy atom. The molecule has 0 radical (unpaired) electrons. The van der Waals surface area contributed by atoms with Crippen LogP contribution >= 0.6 is 0 Å². The van der Waals surface area contributed by atoms with Crippen LogP contribution in [0.1, 0.15) is 31.2 Å². The Morgan fingerprint density at radius 3 is 2.94 bits per heavy atom. The second-order valence-electron chi connectivity index (χ2n) is 4.78. The second kappa shape index (κ2) is 4.77. The third kappa shape index (κ3) is 2.99. The summed E-state index contributed by atoms with van der Waals surface area (Å²) in [6.45, 7) is 4.34. The third-order valence-corrected chi connectivity index (χ3v) is 3.33. The Hall–Kier alpha value is -1.52. The fourth-order valence-electron chi connectivity index (χ4n) is 1.87. The molecule has 1 atom stereocenters. The first-order chi connectivity index (χ1) is 8.08. The van der Waals surface area contributed by atoms with Gasteiger partial charge in [-0.05, 0) is 32.6 Å². The smallest absolute Gasteiger partial charge is 0.317 e. The summed E-state index contributed by atoms with van der Waals surface area (Å²) >= 11 is 0. The Morgan fingerprint density at radius 1 is 1.71 bits per heavy atom. The minimum absolute atomic E-state index is 0.0570. The van der Waals surface area contributed by atoms with Crippen molar-refractivity contribution in [1.82, 2.24) is 15.4 Å². The molecule has 1 heterocycles. The molecule has 0 aromatic carbocycles. The molecule has 0 unspecified atom stereocenters. The van der Waals surface area contributed by atoms with Crippen molar-refractivity contribution in [2.24, 2.45) is 5.92 Å². The molecule has 2 rings (SSSR count). The summed E-state index contributed by atoms with van der Waals surface area (Å²) in [6, 6.07) is 2.08. The quantitative estimate of drug-likeness (QED) is 0.870. The Bertz CT molecular complexity index is 398. The summed E-state index contributed by atoms with van der Waals surface area (Å²) in [5.74, 6) is 1.36. The molecule has 17 heavy (non-hydrogen) atoms. The van der Waals surface area contributed by atoms with E-state index in [1.54, 1.807) is 4.90 Å². The van der Waals surface area contributed by atoms with Gasteiger partial charge in [0, 0.05) is 19.2 Å². The summed E-state index contributed by atoms with van der Waals surface area (Å²) in [4.78, 5) is 13.6. The van der Waals surface area contributed by atoms with Crippen LogP contribution in [-0.4, -0.2) is 29.2 Å². The predicted molar refractivity (Wildman–Crippen MR) is 63.4 cm³/mol. The molecule has 1 N–H and O–H groups in total. The summed E-state index contributed by atoms with van der Waals surface area (Å²) in [5, 5.41) is 6.60. The first-order valence-corrected chi connectivity index (χ1v) is 6.01. The zero-order chi connectivity index (χ0) is 12.4. The van der Waals surface area contributed by atoms with E-state index in [2.05, 4.69) is 17.4 Å². The lowest BCUT2D eigenvalue weighted by atomic mass is 10.2. The average molecular weight is 237 g/mol. The van der Waals surface area contributed by atoms with Crippen LogP contribution in [0.5, 0.6) is 0 Å². The highest BCUT2D eigenvalue weighted by molar-refractivity contribution is 5.74. The molecule has 0 bridgehead atoms. The van der Waals surface area contributed by atoms with Gasteiger partial charge in [0.25, 0.3) is 0 Å². The normalized spacial score (nSPS) is 16.6. The van der Waals surface area contributed by atoms with Crippen molar-refractivity contribution in [2.75, 3.05) is 7.05 Å². The predicted octanol–water partition coefficient (Wildman–Crippen LogP) is 1.92. The number of nitrogens with zero attached hydrogens (tertiary/aromatic N) is 2. The van der Waals surface area contributed by atoms with E-state index in [0.717, 1.165) is 5.69 Å². The maximum atomic E-state index is 11.8. The third-order valence-electron chi connectivity index (χ3n) is 3.33. The number of rotatable bonds is 4. The van der Waals surface area contributed by atoms with E-state index in [1.807, 2.05) is 20.0 Å². The average Bonchev–Trinajstić information content (AvgIpc) is 3.08. The first kappa shape index (κ1) is 12.0. The SMILES string of the molecule is Cc1cc(CNC(=O)N(C)[C@@H](C)C2CC2)on1. The molecule has 1 aliphatic carbocycles. The van der Waals surface area contributed by atoms with Crippen LogP contribution in [0.25, 0.3) is 0 Å². The van der Waals surface area contributed by atoms with E-state index in [9.17, 15) is 4.79 Å². The summed E-state index contributed by atoms with van der Waals surface area (Å²) < 4.78 is 5.03. The molecule has 0 spiro atoms. The summed E-state index contributed by atoms with van der Waals surface area (Å²) in [6.07, 6.45) is 2.47. The summed E-state index contributed by atoms with van der Waals surface area (Å²) in [7, 11) is 1.84. The minimum Gasteiger partial charge on any atom is -0.359 e. The zero-order valence-electron chi connectivity index (χ0n) is 10.6. The van der Waals surface area contributed by atoms with Gasteiger partial charge in [-0.3, -0.25) is 0 Å². The molecule has 1 aromatic heterocycles. The number of hydrogen-bond acceptors (Lipinski definition) is 3. The van der Waals surface area contributed by atoms with Crippen LogP contribution < -0.4 is 5.32 Å². The van der Waals surface area contributed by atoms with E-state index >= 15 is 0 Å². The van der Waals surface area contributed by atoms with Crippen molar-refractivity contribution in [1.29, 1.82) is 0 Å². The maximum Gasteiger partial charge on any atom is 0.317 e. The lowest BCUT2D eigenvalue weighted by Gasteiger charge is -2.24. The first-order valence-electron chi connectivity index (χ1n) is 6.01. The van der Waals surface area contributed by atoms with Crippen LogP contribution in [0.4, 0.5) is 4.79 Å². The van der Waals surface area contributed by atoms with Crippen LogP contribution in [-0.2, 0) is 6.54 Å². The fourth-order valence-corrected chi connectivity index (χ4v) is 1.87. The molecular weight excluding hydrogens is 218 g/mol. The zero-order valence-corrected chi connectivity index (χ0v) is 10.6. The van der Waals surface area contributed by atoms with Gasteiger partial charge in [0.1, 0.15) is 0 Å². The van der Waals surface area contributed by atoms with E-state index < -0.39 is 0 Å². The van der Waals surface area contributed by atoms with Crippen molar-refractivity contribution < 1.29 is 9.32 Å². The van der Waals surface area contributed by atoms with Crippen LogP contribution in [0.3, 0.4) is 0 Å². The second-order valence-corrected chi connectivity index (χ2v) is 4.78. The van der Waals surface area contributed by atoms with E-state index in [0.29, 0.717) is 24.3 Å². The number of amides is 2. The number of aryl methyl sites for hydroxylation is 1. The standard InChI is InChI=1S/C12H19N3O2/c1-8-6-11(17-14-8)7-13-12(16)15(3)9(2)10-4-5-10/h6,9-10H,4-5,7H2,1-3H3,(H,13,16)/t9-/m0/s1. The van der Waals surface area contributed by atoms with Gasteiger partial charge in [0.2, 0.25) is 0 Å². The van der Waals surface area contributed by atoms with E-state index in [4.69, 9.17) is 4.52 Å². The van der Waals surface area contributed by atoms with Crippen molar-refractivity contribution in [3.8, 4) is 0 Å². The maximum absolute atomic E-state index is 11.8. The molecule has 94 valence electrons. The number of carbonyl (C=O) groups excluding carboxylic acids is 1. The molecule has 0 aliphatic heterocycles. The molecule has 5 heteroatoms.